The van der Waals surface area contributed by atoms with E-state index in [9.17, 15) is 26.7 Å². The van der Waals surface area contributed by atoms with E-state index in [2.05, 4.69) is 4.98 Å². The second kappa shape index (κ2) is 9.94. The van der Waals surface area contributed by atoms with Gasteiger partial charge in [-0.15, -0.1) is 0 Å². The summed E-state index contributed by atoms with van der Waals surface area (Å²) in [5.41, 5.74) is 2.15. The first-order valence-electron chi connectivity index (χ1n) is 12.2. The lowest BCUT2D eigenvalue weighted by atomic mass is 9.84. The van der Waals surface area contributed by atoms with Crippen LogP contribution < -0.4 is 0 Å². The number of ether oxygens (including phenoxy) is 1. The molecule has 0 aliphatic carbocycles. The molecule has 0 radical (unpaired) electrons. The predicted octanol–water partition coefficient (Wildman–Crippen LogP) is 6.62. The third kappa shape index (κ3) is 5.20. The number of aromatic nitrogens is 1. The summed E-state index contributed by atoms with van der Waals surface area (Å²) in [4.78, 5) is 18.5. The Morgan fingerprint density at radius 1 is 1.05 bits per heavy atom. The number of alkyl halides is 3. The van der Waals surface area contributed by atoms with Gasteiger partial charge in [-0.25, -0.2) is 9.37 Å². The molecule has 2 aromatic carbocycles. The fourth-order valence-corrected chi connectivity index (χ4v) is 5.46. The zero-order chi connectivity index (χ0) is 27.2. The standard InChI is InChI=1S/C29H25F5N2O2/c1-16-9-20(11-22(10-16)29(32,33)34)17(2)38-25-15-36-24(28(25)18-3-6-23(30)7-4-18)12-21(13-27(36)37)19-5-8-26(31)35-14-19/h3-11,13-14,17,24-25,28H,12,15H2,1-2H3/t17-,24?,25+,28?/m1/s1. The number of aryl methyl sites for hydroxylation is 1. The maximum atomic E-state index is 13.8. The Morgan fingerprint density at radius 2 is 1.79 bits per heavy atom. The van der Waals surface area contributed by atoms with Gasteiger partial charge in [0.05, 0.1) is 17.8 Å². The summed E-state index contributed by atoms with van der Waals surface area (Å²) in [6.07, 6.45) is -2.45. The van der Waals surface area contributed by atoms with E-state index in [-0.39, 0.29) is 24.4 Å². The molecule has 2 aliphatic heterocycles. The van der Waals surface area contributed by atoms with E-state index in [1.165, 1.54) is 30.5 Å². The number of carbonyl (C=O) groups excluding carboxylic acids is 1. The van der Waals surface area contributed by atoms with Gasteiger partial charge in [-0.05, 0) is 78.9 Å². The van der Waals surface area contributed by atoms with E-state index in [4.69, 9.17) is 4.74 Å². The van der Waals surface area contributed by atoms with Crippen LogP contribution in [-0.4, -0.2) is 34.5 Å². The van der Waals surface area contributed by atoms with E-state index >= 15 is 0 Å². The number of halogens is 5. The predicted molar refractivity (Wildman–Crippen MR) is 131 cm³/mol. The molecule has 2 aliphatic rings. The molecule has 3 heterocycles. The molecule has 1 amide bonds. The highest BCUT2D eigenvalue weighted by Crippen LogP contribution is 2.44. The highest BCUT2D eigenvalue weighted by atomic mass is 19.4. The Bertz CT molecular complexity index is 1370. The number of fused-ring (bicyclic) bond motifs is 1. The molecule has 38 heavy (non-hydrogen) atoms. The molecule has 0 spiro atoms. The second-order valence-electron chi connectivity index (χ2n) is 9.83. The molecule has 198 valence electrons. The lowest BCUT2D eigenvalue weighted by molar-refractivity contribution is -0.137. The van der Waals surface area contributed by atoms with Crippen LogP contribution in [0.15, 0.2) is 66.9 Å². The van der Waals surface area contributed by atoms with Crippen LogP contribution >= 0.6 is 0 Å². The molecule has 5 rings (SSSR count). The number of rotatable bonds is 5. The van der Waals surface area contributed by atoms with Gasteiger partial charge in [0.15, 0.2) is 0 Å². The average molecular weight is 529 g/mol. The number of hydrogen-bond donors (Lipinski definition) is 0. The van der Waals surface area contributed by atoms with Gasteiger partial charge in [-0.2, -0.15) is 17.6 Å². The molecule has 9 heteroatoms. The lowest BCUT2D eigenvalue weighted by Gasteiger charge is -2.32. The van der Waals surface area contributed by atoms with Crippen molar-refractivity contribution in [1.82, 2.24) is 9.88 Å². The van der Waals surface area contributed by atoms with Crippen molar-refractivity contribution in [3.63, 3.8) is 0 Å². The van der Waals surface area contributed by atoms with Crippen molar-refractivity contribution in [2.24, 2.45) is 0 Å². The second-order valence-corrected chi connectivity index (χ2v) is 9.83. The van der Waals surface area contributed by atoms with Crippen LogP contribution in [0.2, 0.25) is 0 Å². The van der Waals surface area contributed by atoms with Crippen LogP contribution in [0.4, 0.5) is 22.0 Å². The summed E-state index contributed by atoms with van der Waals surface area (Å²) in [6.45, 7) is 3.50. The maximum absolute atomic E-state index is 13.8. The van der Waals surface area contributed by atoms with Crippen molar-refractivity contribution in [3.8, 4) is 0 Å². The number of carbonyl (C=O) groups is 1. The fraction of sp³-hybridized carbons (Fsp3) is 0.310. The first-order valence-corrected chi connectivity index (χ1v) is 12.2. The van der Waals surface area contributed by atoms with Gasteiger partial charge >= 0.3 is 6.18 Å². The Kier molecular flexibility index (Phi) is 6.81. The number of benzene rings is 2. The van der Waals surface area contributed by atoms with Gasteiger partial charge < -0.3 is 9.64 Å². The van der Waals surface area contributed by atoms with Gasteiger partial charge in [0.25, 0.3) is 0 Å². The molecular formula is C29H25F5N2O2. The van der Waals surface area contributed by atoms with Crippen LogP contribution in [0, 0.1) is 18.7 Å². The van der Waals surface area contributed by atoms with Crippen LogP contribution in [0.3, 0.4) is 0 Å². The van der Waals surface area contributed by atoms with Gasteiger partial charge in [-0.1, -0.05) is 23.8 Å². The van der Waals surface area contributed by atoms with Crippen molar-refractivity contribution in [2.75, 3.05) is 6.54 Å². The van der Waals surface area contributed by atoms with E-state index in [1.807, 2.05) is 0 Å². The quantitative estimate of drug-likeness (QED) is 0.276. The Balaban J connectivity index is 1.47. The minimum Gasteiger partial charge on any atom is -0.368 e. The van der Waals surface area contributed by atoms with Crippen molar-refractivity contribution in [2.45, 2.75) is 50.6 Å². The Hall–Kier alpha value is -3.59. The zero-order valence-corrected chi connectivity index (χ0v) is 20.7. The average Bonchev–Trinajstić information content (AvgIpc) is 3.22. The van der Waals surface area contributed by atoms with E-state index in [1.54, 1.807) is 43.0 Å². The monoisotopic (exact) mass is 528 g/mol. The summed E-state index contributed by atoms with van der Waals surface area (Å²) in [6, 6.07) is 12.2. The van der Waals surface area contributed by atoms with Gasteiger partial charge in [0, 0.05) is 30.8 Å². The van der Waals surface area contributed by atoms with Crippen LogP contribution in [0.1, 0.15) is 53.2 Å². The Labute approximate surface area is 216 Å². The molecule has 4 nitrogen and oxygen atoms in total. The summed E-state index contributed by atoms with van der Waals surface area (Å²) in [7, 11) is 0. The molecule has 0 bridgehead atoms. The third-order valence-corrected chi connectivity index (χ3v) is 7.23. The van der Waals surface area contributed by atoms with Crippen LogP contribution in [0.5, 0.6) is 0 Å². The third-order valence-electron chi connectivity index (χ3n) is 7.23. The normalized spacial score (nSPS) is 22.3. The van der Waals surface area contributed by atoms with Crippen molar-refractivity contribution in [1.29, 1.82) is 0 Å². The first-order chi connectivity index (χ1) is 18.0. The van der Waals surface area contributed by atoms with E-state index in [0.29, 0.717) is 28.7 Å². The minimum absolute atomic E-state index is 0.222. The summed E-state index contributed by atoms with van der Waals surface area (Å²) >= 11 is 0. The number of amides is 1. The zero-order valence-electron chi connectivity index (χ0n) is 20.7. The molecule has 3 aromatic rings. The lowest BCUT2D eigenvalue weighted by Crippen LogP contribution is -2.39. The van der Waals surface area contributed by atoms with E-state index in [0.717, 1.165) is 17.7 Å². The Morgan fingerprint density at radius 3 is 2.45 bits per heavy atom. The molecule has 1 fully saturated rings. The first kappa shape index (κ1) is 26.0. The highest BCUT2D eigenvalue weighted by Gasteiger charge is 2.47. The van der Waals surface area contributed by atoms with Gasteiger partial charge in [0.2, 0.25) is 11.9 Å². The largest absolute Gasteiger partial charge is 0.416 e. The minimum atomic E-state index is -4.49. The number of pyridine rings is 1. The van der Waals surface area contributed by atoms with Gasteiger partial charge in [0.1, 0.15) is 5.82 Å². The molecule has 1 saturated heterocycles. The molecule has 4 atom stereocenters. The van der Waals surface area contributed by atoms with Crippen molar-refractivity contribution in [3.05, 3.63) is 106 Å². The van der Waals surface area contributed by atoms with Crippen molar-refractivity contribution < 1.29 is 31.5 Å². The van der Waals surface area contributed by atoms with Crippen molar-refractivity contribution >= 4 is 11.5 Å². The fourth-order valence-electron chi connectivity index (χ4n) is 5.46. The maximum Gasteiger partial charge on any atom is 0.416 e. The molecule has 0 saturated carbocycles. The van der Waals surface area contributed by atoms with Gasteiger partial charge in [-0.3, -0.25) is 4.79 Å². The summed E-state index contributed by atoms with van der Waals surface area (Å²) in [5.74, 6) is -1.66. The van der Waals surface area contributed by atoms with E-state index < -0.39 is 35.7 Å². The molecule has 1 aromatic heterocycles. The molecule has 0 N–H and O–H groups in total. The summed E-state index contributed by atoms with van der Waals surface area (Å²) < 4.78 is 73.8. The van der Waals surface area contributed by atoms with Crippen LogP contribution in [0.25, 0.3) is 5.57 Å². The van der Waals surface area contributed by atoms with Crippen LogP contribution in [-0.2, 0) is 15.7 Å². The molecule has 2 unspecified atom stereocenters. The number of nitrogens with zero attached hydrogens (tertiary/aromatic N) is 2. The summed E-state index contributed by atoms with van der Waals surface area (Å²) in [5, 5.41) is 0. The topological polar surface area (TPSA) is 42.4 Å². The SMILES string of the molecule is Cc1cc([C@@H](C)O[C@H]2CN3C(=O)C=C(c4ccc(F)nc4)CC3C2c2ccc(F)cc2)cc(C(F)(F)F)c1. The highest BCUT2D eigenvalue weighted by molar-refractivity contribution is 5.97. The number of hydrogen-bond acceptors (Lipinski definition) is 3. The molecular weight excluding hydrogens is 503 g/mol. The smallest absolute Gasteiger partial charge is 0.368 e.